The number of aliphatic carboxylic acids is 1. The summed E-state index contributed by atoms with van der Waals surface area (Å²) in [4.78, 5) is 29.3. The highest BCUT2D eigenvalue weighted by molar-refractivity contribution is 8.16. The van der Waals surface area contributed by atoms with Crippen LogP contribution in [0.1, 0.15) is 0 Å². The van der Waals surface area contributed by atoms with E-state index in [-0.39, 0.29) is 16.0 Å². The third-order valence-corrected chi connectivity index (χ3v) is 3.24. The Morgan fingerprint density at radius 2 is 2.29 bits per heavy atom. The zero-order valence-electron chi connectivity index (χ0n) is 7.01. The van der Waals surface area contributed by atoms with Crippen LogP contribution in [0.4, 0.5) is 0 Å². The van der Waals surface area contributed by atoms with Gasteiger partial charge in [-0.1, -0.05) is 11.8 Å². The summed E-state index contributed by atoms with van der Waals surface area (Å²) >= 11 is 1.14. The summed E-state index contributed by atoms with van der Waals surface area (Å²) in [6, 6.07) is -0.455. The molecule has 0 saturated heterocycles. The van der Waals surface area contributed by atoms with Crippen LogP contribution in [0.2, 0.25) is 0 Å². The third kappa shape index (κ3) is 1.29. The number of primary amides is 1. The van der Waals surface area contributed by atoms with Gasteiger partial charge >= 0.3 is 5.97 Å². The number of rotatable bonds is 2. The lowest BCUT2D eigenvalue weighted by Crippen LogP contribution is -2.33. The van der Waals surface area contributed by atoms with Crippen molar-refractivity contribution in [1.29, 1.82) is 0 Å². The van der Waals surface area contributed by atoms with Crippen LogP contribution in [-0.4, -0.2) is 45.6 Å². The molecule has 2 rings (SSSR count). The molecule has 0 aromatic carbocycles. The molecule has 2 unspecified atom stereocenters. The third-order valence-electron chi connectivity index (χ3n) is 2.03. The molecule has 74 valence electrons. The van der Waals surface area contributed by atoms with Crippen molar-refractivity contribution in [1.82, 2.24) is 0 Å². The van der Waals surface area contributed by atoms with Crippen molar-refractivity contribution in [3.8, 4) is 0 Å². The molecule has 14 heavy (non-hydrogen) atoms. The lowest BCUT2D eigenvalue weighted by Gasteiger charge is -2.04. The first-order valence-corrected chi connectivity index (χ1v) is 4.79. The number of nitrogens with two attached hydrogens (primary N) is 1. The van der Waals surface area contributed by atoms with E-state index < -0.39 is 17.9 Å². The van der Waals surface area contributed by atoms with E-state index in [0.29, 0.717) is 6.54 Å². The van der Waals surface area contributed by atoms with Crippen LogP contribution in [0.25, 0.3) is 0 Å². The number of hydrogen-bond acceptors (Lipinski definition) is 5. The van der Waals surface area contributed by atoms with Gasteiger partial charge in [0.2, 0.25) is 0 Å². The van der Waals surface area contributed by atoms with Crippen molar-refractivity contribution in [2.24, 2.45) is 15.7 Å². The molecule has 0 fully saturated rings. The molecule has 2 heterocycles. The van der Waals surface area contributed by atoms with Gasteiger partial charge in [0.25, 0.3) is 5.91 Å². The van der Waals surface area contributed by atoms with Crippen LogP contribution in [0, 0.1) is 0 Å². The molecule has 2 aliphatic rings. The smallest absolute Gasteiger partial charge is 0.360 e. The van der Waals surface area contributed by atoms with Gasteiger partial charge in [-0.15, -0.1) is 0 Å². The molecule has 2 atom stereocenters. The summed E-state index contributed by atoms with van der Waals surface area (Å²) in [6.07, 6.45) is 0. The van der Waals surface area contributed by atoms with Gasteiger partial charge in [-0.05, 0) is 0 Å². The number of carboxylic acid groups (broad SMARTS) is 1. The Morgan fingerprint density at radius 3 is 2.86 bits per heavy atom. The van der Waals surface area contributed by atoms with Gasteiger partial charge in [-0.25, -0.2) is 4.79 Å². The van der Waals surface area contributed by atoms with Gasteiger partial charge in [0.1, 0.15) is 11.8 Å². The Kier molecular flexibility index (Phi) is 2.03. The average Bonchev–Trinajstić information content (AvgIpc) is 2.58. The predicted octanol–water partition coefficient (Wildman–Crippen LogP) is -1.11. The van der Waals surface area contributed by atoms with Gasteiger partial charge in [0.15, 0.2) is 5.04 Å². The summed E-state index contributed by atoms with van der Waals surface area (Å²) in [5, 5.41) is 8.66. The Hall–Kier alpha value is -1.37. The van der Waals surface area contributed by atoms with Crippen LogP contribution >= 0.6 is 11.8 Å². The number of amides is 1. The Labute approximate surface area is 83.3 Å². The van der Waals surface area contributed by atoms with Gasteiger partial charge in [0, 0.05) is 0 Å². The molecule has 0 aliphatic carbocycles. The van der Waals surface area contributed by atoms with E-state index >= 15 is 0 Å². The van der Waals surface area contributed by atoms with E-state index in [9.17, 15) is 9.59 Å². The highest BCUT2D eigenvalue weighted by Crippen LogP contribution is 2.31. The topological polar surface area (TPSA) is 105 Å². The predicted molar refractivity (Wildman–Crippen MR) is 51.7 cm³/mol. The van der Waals surface area contributed by atoms with Crippen molar-refractivity contribution in [3.63, 3.8) is 0 Å². The summed E-state index contributed by atoms with van der Waals surface area (Å²) in [6.45, 7) is 0.411. The quantitative estimate of drug-likeness (QED) is 0.606. The summed E-state index contributed by atoms with van der Waals surface area (Å²) in [7, 11) is 0. The number of aliphatic imine (C=N–C) groups is 2. The van der Waals surface area contributed by atoms with Crippen molar-refractivity contribution in [3.05, 3.63) is 0 Å². The van der Waals surface area contributed by atoms with Crippen LogP contribution in [0.5, 0.6) is 0 Å². The van der Waals surface area contributed by atoms with Crippen molar-refractivity contribution in [2.75, 3.05) is 6.54 Å². The molecule has 0 spiro atoms. The number of carboxylic acids is 1. The average molecular weight is 213 g/mol. The van der Waals surface area contributed by atoms with Crippen molar-refractivity contribution >= 4 is 34.4 Å². The molecule has 0 aromatic rings. The standard InChI is InChI=1S/C7H7N3O3S/c8-5(11)4-3-2(1-9-4)14-6(10-3)7(12)13/h2-3H,1H2,(H2,8,11)(H,12,13). The summed E-state index contributed by atoms with van der Waals surface area (Å²) < 4.78 is 0. The van der Waals surface area contributed by atoms with E-state index in [1.165, 1.54) is 0 Å². The van der Waals surface area contributed by atoms with Crippen molar-refractivity contribution in [2.45, 2.75) is 11.3 Å². The number of carbonyl (C=O) groups is 2. The minimum Gasteiger partial charge on any atom is -0.476 e. The fourth-order valence-electron chi connectivity index (χ4n) is 1.43. The van der Waals surface area contributed by atoms with Gasteiger partial charge in [0.05, 0.1) is 11.8 Å². The molecule has 0 aromatic heterocycles. The molecule has 6 nitrogen and oxygen atoms in total. The fourth-order valence-corrected chi connectivity index (χ4v) is 2.46. The molecule has 3 N–H and O–H groups in total. The van der Waals surface area contributed by atoms with Crippen LogP contribution in [0.3, 0.4) is 0 Å². The Bertz CT molecular complexity index is 376. The van der Waals surface area contributed by atoms with E-state index in [0.717, 1.165) is 11.8 Å². The molecular weight excluding hydrogens is 206 g/mol. The Morgan fingerprint density at radius 1 is 1.57 bits per heavy atom. The maximum atomic E-state index is 10.9. The summed E-state index contributed by atoms with van der Waals surface area (Å²) in [5.74, 6) is -1.68. The molecule has 1 amide bonds. The zero-order chi connectivity index (χ0) is 10.3. The Balaban J connectivity index is 2.24. The van der Waals surface area contributed by atoms with Crippen LogP contribution in [-0.2, 0) is 9.59 Å². The normalized spacial score (nSPS) is 29.4. The van der Waals surface area contributed by atoms with Crippen LogP contribution < -0.4 is 5.73 Å². The molecule has 2 aliphatic heterocycles. The second-order valence-corrected chi connectivity index (χ2v) is 4.16. The molecule has 7 heteroatoms. The van der Waals surface area contributed by atoms with Crippen LogP contribution in [0.15, 0.2) is 9.98 Å². The van der Waals surface area contributed by atoms with Gasteiger partial charge < -0.3 is 10.8 Å². The second-order valence-electron chi connectivity index (χ2n) is 2.93. The van der Waals surface area contributed by atoms with E-state index in [1.807, 2.05) is 0 Å². The fraction of sp³-hybridized carbons (Fsp3) is 0.429. The first-order valence-electron chi connectivity index (χ1n) is 3.91. The summed E-state index contributed by atoms with van der Waals surface area (Å²) in [5.41, 5.74) is 5.27. The SMILES string of the molecule is NC(=O)C1=NCC2SC(C(=O)O)=NC12. The number of fused-ring (bicyclic) bond motifs is 1. The zero-order valence-corrected chi connectivity index (χ0v) is 7.82. The highest BCUT2D eigenvalue weighted by Gasteiger charge is 2.41. The lowest BCUT2D eigenvalue weighted by atomic mass is 10.1. The largest absolute Gasteiger partial charge is 0.476 e. The number of carbonyl (C=O) groups excluding carboxylic acids is 1. The molecule has 0 bridgehead atoms. The van der Waals surface area contributed by atoms with E-state index in [4.69, 9.17) is 10.8 Å². The molecular formula is C7H7N3O3S. The second kappa shape index (κ2) is 3.09. The number of nitrogens with zero attached hydrogens (tertiary/aromatic N) is 2. The maximum absolute atomic E-state index is 10.9. The number of hydrogen-bond donors (Lipinski definition) is 2. The molecule has 0 saturated carbocycles. The van der Waals surface area contributed by atoms with Gasteiger partial charge in [-0.2, -0.15) is 0 Å². The van der Waals surface area contributed by atoms with E-state index in [2.05, 4.69) is 9.98 Å². The first-order chi connectivity index (χ1) is 6.59. The van der Waals surface area contributed by atoms with E-state index in [1.54, 1.807) is 0 Å². The highest BCUT2D eigenvalue weighted by atomic mass is 32.2. The molecule has 0 radical (unpaired) electrons. The lowest BCUT2D eigenvalue weighted by molar-refractivity contribution is -0.129. The minimum atomic E-state index is -1.06. The maximum Gasteiger partial charge on any atom is 0.360 e. The van der Waals surface area contributed by atoms with Gasteiger partial charge in [-0.3, -0.25) is 14.8 Å². The first kappa shape index (κ1) is 9.20. The monoisotopic (exact) mass is 213 g/mol. The number of thioether (sulfide) groups is 1. The minimum absolute atomic E-state index is 0.0358. The van der Waals surface area contributed by atoms with Crippen molar-refractivity contribution < 1.29 is 14.7 Å².